The number of aliphatic carboxylic acids is 3. The number of carbonyl (C=O) groups is 3. The average molecular weight is 657 g/mol. The SMILES string of the molecule is CC(=O)O.CC(=O)O.CN1CCCC(C)(C)C1(C)C.CN1CCCC(C)(C)C1(C)C.CN1CCCC(C)(C)C1(C)C.N#CC(=O)O. The lowest BCUT2D eigenvalue weighted by atomic mass is 9.68. The van der Waals surface area contributed by atoms with Crippen LogP contribution in [0.4, 0.5) is 0 Å². The summed E-state index contributed by atoms with van der Waals surface area (Å²) in [5.74, 6) is -3.11. The zero-order valence-corrected chi connectivity index (χ0v) is 32.7. The normalized spacial score (nSPS) is 23.4. The number of carboxylic acid groups (broad SMARTS) is 3. The predicted molar refractivity (Wildman–Crippen MR) is 189 cm³/mol. The van der Waals surface area contributed by atoms with E-state index in [4.69, 9.17) is 35.0 Å². The van der Waals surface area contributed by atoms with Crippen molar-refractivity contribution in [1.29, 1.82) is 5.26 Å². The zero-order valence-electron chi connectivity index (χ0n) is 32.7. The van der Waals surface area contributed by atoms with Crippen LogP contribution >= 0.6 is 0 Å². The minimum Gasteiger partial charge on any atom is -0.481 e. The molecule has 3 saturated heterocycles. The van der Waals surface area contributed by atoms with Crippen molar-refractivity contribution < 1.29 is 29.7 Å². The smallest absolute Gasteiger partial charge is 0.408 e. The molecule has 3 fully saturated rings. The first kappa shape index (κ1) is 48.2. The highest BCUT2D eigenvalue weighted by atomic mass is 16.4. The van der Waals surface area contributed by atoms with Crippen LogP contribution < -0.4 is 0 Å². The van der Waals surface area contributed by atoms with Crippen LogP contribution in [0.3, 0.4) is 0 Å². The summed E-state index contributed by atoms with van der Waals surface area (Å²) in [4.78, 5) is 34.5. The Morgan fingerprint density at radius 3 is 0.761 bits per heavy atom. The fourth-order valence-corrected chi connectivity index (χ4v) is 5.58. The summed E-state index contributed by atoms with van der Waals surface area (Å²) in [6.07, 6.45) is 8.16. The van der Waals surface area contributed by atoms with Crippen molar-refractivity contribution in [2.75, 3.05) is 40.8 Å². The van der Waals surface area contributed by atoms with Gasteiger partial charge in [0.1, 0.15) is 0 Å². The number of hydrogen-bond donors (Lipinski definition) is 3. The van der Waals surface area contributed by atoms with Crippen molar-refractivity contribution in [3.05, 3.63) is 0 Å². The molecule has 3 aliphatic rings. The lowest BCUT2D eigenvalue weighted by Crippen LogP contribution is -2.55. The number of carboxylic acids is 3. The second-order valence-corrected chi connectivity index (χ2v) is 16.4. The highest BCUT2D eigenvalue weighted by Crippen LogP contribution is 2.44. The highest BCUT2D eigenvalue weighted by molar-refractivity contribution is 5.83. The van der Waals surface area contributed by atoms with Crippen molar-refractivity contribution >= 4 is 17.9 Å². The van der Waals surface area contributed by atoms with Gasteiger partial charge in [-0.05, 0) is 137 Å². The van der Waals surface area contributed by atoms with Crippen molar-refractivity contribution in [2.45, 2.75) is 152 Å². The van der Waals surface area contributed by atoms with Gasteiger partial charge in [-0.2, -0.15) is 5.26 Å². The zero-order chi connectivity index (χ0) is 37.5. The molecule has 0 bridgehead atoms. The molecular weight excluding hydrogens is 584 g/mol. The number of likely N-dealkylation sites (tertiary alicyclic amines) is 3. The van der Waals surface area contributed by atoms with Crippen LogP contribution in [0, 0.1) is 27.6 Å². The van der Waals surface area contributed by atoms with Crippen molar-refractivity contribution in [2.24, 2.45) is 16.2 Å². The Labute approximate surface area is 282 Å². The van der Waals surface area contributed by atoms with Gasteiger partial charge in [0.25, 0.3) is 11.9 Å². The van der Waals surface area contributed by atoms with Gasteiger partial charge in [-0.25, -0.2) is 4.79 Å². The molecule has 0 amide bonds. The molecule has 0 aliphatic carbocycles. The summed E-state index contributed by atoms with van der Waals surface area (Å²) >= 11 is 0. The predicted octanol–water partition coefficient (Wildman–Crippen LogP) is 7.33. The number of nitriles is 1. The number of hydrogen-bond acceptors (Lipinski definition) is 7. The van der Waals surface area contributed by atoms with Gasteiger partial charge >= 0.3 is 5.97 Å². The topological polar surface area (TPSA) is 145 Å². The minimum absolute atomic E-state index is 0.366. The molecule has 0 spiro atoms. The van der Waals surface area contributed by atoms with E-state index < -0.39 is 17.9 Å². The largest absolute Gasteiger partial charge is 0.481 e. The van der Waals surface area contributed by atoms with E-state index in [-0.39, 0.29) is 0 Å². The van der Waals surface area contributed by atoms with Gasteiger partial charge < -0.3 is 30.0 Å². The van der Waals surface area contributed by atoms with Crippen LogP contribution in [0.25, 0.3) is 0 Å². The van der Waals surface area contributed by atoms with Crippen LogP contribution in [-0.2, 0) is 14.4 Å². The third-order valence-corrected chi connectivity index (χ3v) is 11.8. The molecule has 0 aromatic carbocycles. The number of rotatable bonds is 0. The molecule has 0 aromatic rings. The van der Waals surface area contributed by atoms with Gasteiger partial charge in [0.2, 0.25) is 0 Å². The van der Waals surface area contributed by atoms with E-state index in [1.54, 1.807) is 0 Å². The van der Waals surface area contributed by atoms with E-state index in [2.05, 4.69) is 119 Å². The van der Waals surface area contributed by atoms with E-state index >= 15 is 0 Å². The average Bonchev–Trinajstić information content (AvgIpc) is 2.86. The van der Waals surface area contributed by atoms with Crippen LogP contribution in [0.1, 0.15) is 135 Å². The molecule has 10 nitrogen and oxygen atoms in total. The highest BCUT2D eigenvalue weighted by Gasteiger charge is 2.44. The van der Waals surface area contributed by atoms with Crippen molar-refractivity contribution in [3.8, 4) is 6.07 Å². The van der Waals surface area contributed by atoms with E-state index in [1.807, 2.05) is 0 Å². The maximum atomic E-state index is 9.01. The Morgan fingerprint density at radius 2 is 0.674 bits per heavy atom. The van der Waals surface area contributed by atoms with Gasteiger partial charge in [-0.1, -0.05) is 41.5 Å². The molecule has 3 aliphatic heterocycles. The van der Waals surface area contributed by atoms with Gasteiger partial charge in [-0.15, -0.1) is 0 Å². The fourth-order valence-electron chi connectivity index (χ4n) is 5.58. The number of piperidine rings is 3. The van der Waals surface area contributed by atoms with Crippen LogP contribution in [-0.4, -0.2) is 105 Å². The number of nitrogens with zero attached hydrogens (tertiary/aromatic N) is 4. The second kappa shape index (κ2) is 19.6. The van der Waals surface area contributed by atoms with E-state index in [0.29, 0.717) is 32.9 Å². The summed E-state index contributed by atoms with van der Waals surface area (Å²) in [5.41, 5.74) is 2.52. The first-order chi connectivity index (χ1) is 20.4. The first-order valence-corrected chi connectivity index (χ1v) is 16.5. The molecule has 0 saturated carbocycles. The Hall–Kier alpha value is -2.22. The molecule has 0 unspecified atom stereocenters. The van der Waals surface area contributed by atoms with Gasteiger partial charge in [0.05, 0.1) is 0 Å². The van der Waals surface area contributed by atoms with E-state index in [9.17, 15) is 0 Å². The van der Waals surface area contributed by atoms with Crippen molar-refractivity contribution in [1.82, 2.24) is 14.7 Å². The fraction of sp³-hybridized carbons (Fsp3) is 0.889. The summed E-state index contributed by atoms with van der Waals surface area (Å²) in [6, 6.07) is 0.944. The second-order valence-electron chi connectivity index (χ2n) is 16.4. The standard InChI is InChI=1S/3C10H21N.C2HNO2.2C2H4O2/c3*1-9(2)7-6-8-11(5)10(9,3)4;3-1-2(4)5;2*1-2(3)4/h3*6-8H2,1-5H3;(H,4,5);2*1H3,(H,3,4). The lowest BCUT2D eigenvalue weighted by Gasteiger charge is -2.52. The summed E-state index contributed by atoms with van der Waals surface area (Å²) in [5, 5.41) is 29.5. The van der Waals surface area contributed by atoms with E-state index in [1.165, 1.54) is 58.2 Å². The summed E-state index contributed by atoms with van der Waals surface area (Å²) in [6.45, 7) is 34.3. The molecule has 3 N–H and O–H groups in total. The molecule has 272 valence electrons. The Morgan fingerprint density at radius 1 is 0.522 bits per heavy atom. The summed E-state index contributed by atoms with van der Waals surface area (Å²) < 4.78 is 0. The lowest BCUT2D eigenvalue weighted by molar-refractivity contribution is -0.135. The van der Waals surface area contributed by atoms with Crippen molar-refractivity contribution in [3.63, 3.8) is 0 Å². The Balaban J connectivity index is -0.000000509. The molecule has 3 heterocycles. The Kier molecular flexibility index (Phi) is 20.5. The van der Waals surface area contributed by atoms with Gasteiger partial charge in [0, 0.05) is 30.5 Å². The van der Waals surface area contributed by atoms with E-state index in [0.717, 1.165) is 19.9 Å². The third kappa shape index (κ3) is 16.1. The maximum absolute atomic E-state index is 9.01. The molecule has 3 rings (SSSR count). The van der Waals surface area contributed by atoms with Gasteiger partial charge in [0.15, 0.2) is 6.07 Å². The molecule has 46 heavy (non-hydrogen) atoms. The van der Waals surface area contributed by atoms with Crippen LogP contribution in [0.2, 0.25) is 0 Å². The maximum Gasteiger partial charge on any atom is 0.408 e. The molecule has 0 atom stereocenters. The molecule has 0 radical (unpaired) electrons. The third-order valence-electron chi connectivity index (χ3n) is 11.8. The minimum atomic E-state index is -1.44. The first-order valence-electron chi connectivity index (χ1n) is 16.5. The molecular formula is C36H72N4O6. The quantitative estimate of drug-likeness (QED) is 0.179. The van der Waals surface area contributed by atoms with Gasteiger partial charge in [-0.3, -0.25) is 9.59 Å². The molecule has 10 heteroatoms. The monoisotopic (exact) mass is 657 g/mol. The molecule has 0 aromatic heterocycles. The van der Waals surface area contributed by atoms with Crippen LogP contribution in [0.5, 0.6) is 0 Å². The Bertz CT molecular complexity index is 874. The summed E-state index contributed by atoms with van der Waals surface area (Å²) in [7, 11) is 6.71. The van der Waals surface area contributed by atoms with Crippen LogP contribution in [0.15, 0.2) is 0 Å².